The van der Waals surface area contributed by atoms with Crippen LogP contribution < -0.4 is 10.6 Å². The van der Waals surface area contributed by atoms with E-state index in [0.29, 0.717) is 17.2 Å². The number of thiazole rings is 1. The van der Waals surface area contributed by atoms with E-state index in [1.54, 1.807) is 11.9 Å². The highest BCUT2D eigenvalue weighted by Gasteiger charge is 2.23. The van der Waals surface area contributed by atoms with E-state index in [-0.39, 0.29) is 11.3 Å². The Labute approximate surface area is 119 Å². The van der Waals surface area contributed by atoms with Crippen molar-refractivity contribution in [2.24, 2.45) is 5.41 Å². The van der Waals surface area contributed by atoms with E-state index >= 15 is 0 Å². The Morgan fingerprint density at radius 1 is 1.37 bits per heavy atom. The molecule has 0 atom stereocenters. The normalized spacial score (nSPS) is 11.5. The third kappa shape index (κ3) is 4.09. The van der Waals surface area contributed by atoms with Gasteiger partial charge in [0.05, 0.1) is 0 Å². The highest BCUT2D eigenvalue weighted by Crippen LogP contribution is 2.29. The van der Waals surface area contributed by atoms with Gasteiger partial charge in [-0.25, -0.2) is 4.98 Å². The third-order valence-electron chi connectivity index (χ3n) is 2.70. The van der Waals surface area contributed by atoms with Crippen molar-refractivity contribution in [1.82, 2.24) is 9.88 Å². The number of nitrogens with two attached hydrogens (primary N) is 1. The van der Waals surface area contributed by atoms with Crippen LogP contribution in [-0.4, -0.2) is 43.0 Å². The molecule has 1 rings (SSSR count). The molecule has 0 saturated carbocycles. The zero-order valence-corrected chi connectivity index (χ0v) is 13.5. The van der Waals surface area contributed by atoms with E-state index in [4.69, 9.17) is 5.73 Å². The summed E-state index contributed by atoms with van der Waals surface area (Å²) in [7, 11) is 3.74. The molecule has 1 aromatic rings. The molecule has 1 heterocycles. The van der Waals surface area contributed by atoms with Gasteiger partial charge in [0.25, 0.3) is 5.91 Å². The van der Waals surface area contributed by atoms with Gasteiger partial charge >= 0.3 is 0 Å². The highest BCUT2D eigenvalue weighted by atomic mass is 32.1. The maximum Gasteiger partial charge on any atom is 0.267 e. The SMILES string of the molecule is CCN(C)c1nc(N)c(C(=O)N(C)CC(C)(C)C)s1. The molecule has 0 unspecified atom stereocenters. The molecule has 0 aromatic carbocycles. The fourth-order valence-electron chi connectivity index (χ4n) is 1.73. The maximum atomic E-state index is 12.4. The van der Waals surface area contributed by atoms with Gasteiger partial charge in [-0.15, -0.1) is 0 Å². The van der Waals surface area contributed by atoms with Crippen molar-refractivity contribution in [1.29, 1.82) is 0 Å². The number of carbonyl (C=O) groups excluding carboxylic acids is 1. The van der Waals surface area contributed by atoms with Crippen LogP contribution in [0.2, 0.25) is 0 Å². The molecule has 0 saturated heterocycles. The third-order valence-corrected chi connectivity index (χ3v) is 3.87. The zero-order chi connectivity index (χ0) is 14.8. The Bertz CT molecular complexity index is 450. The van der Waals surface area contributed by atoms with Crippen LogP contribution in [0.1, 0.15) is 37.4 Å². The molecule has 0 bridgehead atoms. The highest BCUT2D eigenvalue weighted by molar-refractivity contribution is 7.18. The Balaban J connectivity index is 2.91. The molecular formula is C13H24N4OS. The number of amides is 1. The first kappa shape index (κ1) is 15.8. The summed E-state index contributed by atoms with van der Waals surface area (Å²) in [6.07, 6.45) is 0. The van der Waals surface area contributed by atoms with Gasteiger partial charge in [0.15, 0.2) is 5.13 Å². The van der Waals surface area contributed by atoms with E-state index in [9.17, 15) is 4.79 Å². The van der Waals surface area contributed by atoms with Crippen molar-refractivity contribution in [2.45, 2.75) is 27.7 Å². The Kier molecular flexibility index (Phi) is 4.79. The van der Waals surface area contributed by atoms with Crippen LogP contribution in [-0.2, 0) is 0 Å². The number of nitrogens with zero attached hydrogens (tertiary/aromatic N) is 3. The molecule has 0 spiro atoms. The van der Waals surface area contributed by atoms with Gasteiger partial charge in [0, 0.05) is 27.2 Å². The van der Waals surface area contributed by atoms with Gasteiger partial charge in [0.2, 0.25) is 0 Å². The van der Waals surface area contributed by atoms with Crippen LogP contribution in [0.25, 0.3) is 0 Å². The average Bonchev–Trinajstić information content (AvgIpc) is 2.67. The van der Waals surface area contributed by atoms with E-state index in [1.807, 2.05) is 18.9 Å². The smallest absolute Gasteiger partial charge is 0.267 e. The molecule has 0 aliphatic heterocycles. The van der Waals surface area contributed by atoms with Crippen LogP contribution >= 0.6 is 11.3 Å². The lowest BCUT2D eigenvalue weighted by Gasteiger charge is -2.26. The van der Waals surface area contributed by atoms with Crippen LogP contribution in [0.4, 0.5) is 10.9 Å². The van der Waals surface area contributed by atoms with Gasteiger partial charge in [-0.3, -0.25) is 4.79 Å². The predicted octanol–water partition coefficient (Wildman–Crippen LogP) is 2.30. The van der Waals surface area contributed by atoms with Crippen LogP contribution in [0.15, 0.2) is 0 Å². The minimum absolute atomic E-state index is 0.0549. The van der Waals surface area contributed by atoms with E-state index in [2.05, 4.69) is 25.8 Å². The Hall–Kier alpha value is -1.30. The molecule has 108 valence electrons. The van der Waals surface area contributed by atoms with Crippen molar-refractivity contribution in [3.05, 3.63) is 4.88 Å². The summed E-state index contributed by atoms with van der Waals surface area (Å²) in [6.45, 7) is 9.85. The lowest BCUT2D eigenvalue weighted by Crippen LogP contribution is -2.34. The molecule has 1 amide bonds. The fraction of sp³-hybridized carbons (Fsp3) is 0.692. The number of anilines is 2. The Morgan fingerprint density at radius 2 is 1.95 bits per heavy atom. The minimum Gasteiger partial charge on any atom is -0.382 e. The van der Waals surface area contributed by atoms with Crippen molar-refractivity contribution in [3.8, 4) is 0 Å². The van der Waals surface area contributed by atoms with Gasteiger partial charge in [-0.2, -0.15) is 0 Å². The molecule has 0 radical (unpaired) electrons. The van der Waals surface area contributed by atoms with Gasteiger partial charge in [-0.05, 0) is 12.3 Å². The molecule has 19 heavy (non-hydrogen) atoms. The second-order valence-electron chi connectivity index (χ2n) is 5.95. The summed E-state index contributed by atoms with van der Waals surface area (Å²) in [4.78, 5) is 20.8. The lowest BCUT2D eigenvalue weighted by molar-refractivity contribution is 0.0751. The summed E-state index contributed by atoms with van der Waals surface area (Å²) in [6, 6.07) is 0. The largest absolute Gasteiger partial charge is 0.382 e. The summed E-state index contributed by atoms with van der Waals surface area (Å²) in [5, 5.41) is 0.785. The second-order valence-corrected chi connectivity index (χ2v) is 6.92. The molecule has 0 aliphatic carbocycles. The van der Waals surface area contributed by atoms with Crippen LogP contribution in [0.3, 0.4) is 0 Å². The lowest BCUT2D eigenvalue weighted by atomic mass is 9.96. The van der Waals surface area contributed by atoms with E-state index < -0.39 is 0 Å². The number of aromatic nitrogens is 1. The number of nitrogen functional groups attached to an aromatic ring is 1. The Morgan fingerprint density at radius 3 is 2.42 bits per heavy atom. The van der Waals surface area contributed by atoms with Gasteiger partial charge < -0.3 is 15.5 Å². The van der Waals surface area contributed by atoms with Crippen molar-refractivity contribution in [2.75, 3.05) is 37.8 Å². The van der Waals surface area contributed by atoms with Crippen molar-refractivity contribution >= 4 is 28.2 Å². The maximum absolute atomic E-state index is 12.4. The second kappa shape index (κ2) is 5.77. The first-order valence-electron chi connectivity index (χ1n) is 6.38. The number of hydrogen-bond acceptors (Lipinski definition) is 5. The van der Waals surface area contributed by atoms with E-state index in [0.717, 1.165) is 11.7 Å². The summed E-state index contributed by atoms with van der Waals surface area (Å²) in [5.74, 6) is 0.270. The quantitative estimate of drug-likeness (QED) is 0.921. The molecule has 0 aliphatic rings. The van der Waals surface area contributed by atoms with E-state index in [1.165, 1.54) is 11.3 Å². The van der Waals surface area contributed by atoms with Gasteiger partial charge in [-0.1, -0.05) is 32.1 Å². The van der Waals surface area contributed by atoms with Crippen molar-refractivity contribution in [3.63, 3.8) is 0 Å². The fourth-order valence-corrected chi connectivity index (χ4v) is 2.73. The number of rotatable bonds is 4. The molecule has 6 heteroatoms. The zero-order valence-electron chi connectivity index (χ0n) is 12.6. The topological polar surface area (TPSA) is 62.5 Å². The van der Waals surface area contributed by atoms with Gasteiger partial charge in [0.1, 0.15) is 10.7 Å². The first-order chi connectivity index (χ1) is 8.65. The molecule has 2 N–H and O–H groups in total. The monoisotopic (exact) mass is 284 g/mol. The molecular weight excluding hydrogens is 260 g/mol. The summed E-state index contributed by atoms with van der Waals surface area (Å²) >= 11 is 1.35. The van der Waals surface area contributed by atoms with Crippen LogP contribution in [0, 0.1) is 5.41 Å². The van der Waals surface area contributed by atoms with Crippen LogP contribution in [0.5, 0.6) is 0 Å². The standard InChI is InChI=1S/C13H24N4OS/c1-7-16(5)12-15-10(14)9(19-12)11(18)17(6)8-13(2,3)4/h7-8,14H2,1-6H3. The predicted molar refractivity (Wildman–Crippen MR) is 81.9 cm³/mol. The summed E-state index contributed by atoms with van der Waals surface area (Å²) < 4.78 is 0. The number of carbonyl (C=O) groups is 1. The average molecular weight is 284 g/mol. The molecule has 5 nitrogen and oxygen atoms in total. The van der Waals surface area contributed by atoms with Crippen molar-refractivity contribution < 1.29 is 4.79 Å². The molecule has 0 fully saturated rings. The first-order valence-corrected chi connectivity index (χ1v) is 7.20. The molecule has 1 aromatic heterocycles. The number of hydrogen-bond donors (Lipinski definition) is 1. The minimum atomic E-state index is -0.0549. The summed E-state index contributed by atoms with van der Waals surface area (Å²) in [5.41, 5.74) is 5.92.